The van der Waals surface area contributed by atoms with Crippen molar-refractivity contribution in [2.45, 2.75) is 0 Å². The molecule has 0 radical (unpaired) electrons. The van der Waals surface area contributed by atoms with Gasteiger partial charge < -0.3 is 5.73 Å². The van der Waals surface area contributed by atoms with Gasteiger partial charge in [0.15, 0.2) is 0 Å². The van der Waals surface area contributed by atoms with Crippen LogP contribution in [0.1, 0.15) is 0 Å². The second-order valence-corrected chi connectivity index (χ2v) is 4.14. The van der Waals surface area contributed by atoms with Gasteiger partial charge in [0.1, 0.15) is 0 Å². The number of nitrogens with zero attached hydrogens (tertiary/aromatic N) is 1. The summed E-state index contributed by atoms with van der Waals surface area (Å²) in [6.45, 7) is 0. The fraction of sp³-hybridized carbons (Fsp3) is 0. The molecule has 0 aliphatic rings. The van der Waals surface area contributed by atoms with E-state index in [1.54, 1.807) is 18.2 Å². The van der Waals surface area contributed by atoms with Crippen molar-refractivity contribution in [3.8, 4) is 11.1 Å². The summed E-state index contributed by atoms with van der Waals surface area (Å²) in [6.07, 6.45) is 1.38. The molecule has 0 saturated carbocycles. The summed E-state index contributed by atoms with van der Waals surface area (Å²) in [5.41, 5.74) is 6.84. The Balaban J connectivity index is 2.54. The molecular formula is C11H7Cl2FN2. The molecule has 0 amide bonds. The zero-order valence-corrected chi connectivity index (χ0v) is 9.56. The molecular weight excluding hydrogens is 250 g/mol. The topological polar surface area (TPSA) is 38.9 Å². The van der Waals surface area contributed by atoms with Crippen LogP contribution in [0.25, 0.3) is 11.1 Å². The van der Waals surface area contributed by atoms with Crippen molar-refractivity contribution in [1.82, 2.24) is 4.98 Å². The van der Waals surface area contributed by atoms with E-state index in [1.807, 2.05) is 0 Å². The number of aromatic nitrogens is 1. The van der Waals surface area contributed by atoms with Crippen molar-refractivity contribution in [3.63, 3.8) is 0 Å². The fourth-order valence-electron chi connectivity index (χ4n) is 1.34. The van der Waals surface area contributed by atoms with Gasteiger partial charge in [0.05, 0.1) is 5.69 Å². The van der Waals surface area contributed by atoms with Crippen LogP contribution in [0, 0.1) is 5.95 Å². The Bertz CT molecular complexity index is 523. The molecule has 1 heterocycles. The number of benzene rings is 1. The third-order valence-electron chi connectivity index (χ3n) is 2.06. The third kappa shape index (κ3) is 2.26. The molecule has 0 aliphatic carbocycles. The largest absolute Gasteiger partial charge is 0.395 e. The van der Waals surface area contributed by atoms with Gasteiger partial charge in [-0.2, -0.15) is 4.39 Å². The van der Waals surface area contributed by atoms with E-state index in [0.717, 1.165) is 5.56 Å². The van der Waals surface area contributed by atoms with Gasteiger partial charge in [-0.3, -0.25) is 0 Å². The van der Waals surface area contributed by atoms with E-state index in [4.69, 9.17) is 28.9 Å². The molecule has 2 aromatic rings. The van der Waals surface area contributed by atoms with Crippen molar-refractivity contribution < 1.29 is 4.39 Å². The molecule has 0 atom stereocenters. The van der Waals surface area contributed by atoms with Gasteiger partial charge in [-0.15, -0.1) is 0 Å². The second kappa shape index (κ2) is 4.28. The van der Waals surface area contributed by atoms with Gasteiger partial charge in [-0.05, 0) is 29.8 Å². The van der Waals surface area contributed by atoms with Crippen LogP contribution < -0.4 is 5.73 Å². The van der Waals surface area contributed by atoms with Crippen LogP contribution >= 0.6 is 23.2 Å². The maximum absolute atomic E-state index is 12.9. The standard InChI is InChI=1S/C11H7Cl2FN2/c12-8-1-6(2-9(13)4-8)7-3-10(15)11(14)16-5-7/h1-5H,15H2. The number of nitrogens with two attached hydrogens (primary N) is 1. The maximum atomic E-state index is 12.9. The Morgan fingerprint density at radius 3 is 2.19 bits per heavy atom. The summed E-state index contributed by atoms with van der Waals surface area (Å²) in [7, 11) is 0. The first-order valence-corrected chi connectivity index (χ1v) is 5.19. The SMILES string of the molecule is Nc1cc(-c2cc(Cl)cc(Cl)c2)cnc1F. The van der Waals surface area contributed by atoms with Crippen molar-refractivity contribution in [2.24, 2.45) is 0 Å². The number of hydrogen-bond donors (Lipinski definition) is 1. The Hall–Kier alpha value is -1.32. The number of anilines is 1. The number of pyridine rings is 1. The average Bonchev–Trinajstić information content (AvgIpc) is 2.20. The van der Waals surface area contributed by atoms with Crippen LogP contribution in [0.2, 0.25) is 10.0 Å². The number of rotatable bonds is 1. The smallest absolute Gasteiger partial charge is 0.236 e. The van der Waals surface area contributed by atoms with Gasteiger partial charge in [0.25, 0.3) is 0 Å². The van der Waals surface area contributed by atoms with Gasteiger partial charge in [0.2, 0.25) is 5.95 Å². The van der Waals surface area contributed by atoms with E-state index in [1.165, 1.54) is 12.3 Å². The summed E-state index contributed by atoms with van der Waals surface area (Å²) in [5.74, 6) is -0.683. The summed E-state index contributed by atoms with van der Waals surface area (Å²) < 4.78 is 12.9. The van der Waals surface area contributed by atoms with Crippen molar-refractivity contribution >= 4 is 28.9 Å². The molecule has 2 N–H and O–H groups in total. The minimum Gasteiger partial charge on any atom is -0.395 e. The first kappa shape index (κ1) is 11.2. The second-order valence-electron chi connectivity index (χ2n) is 3.26. The summed E-state index contributed by atoms with van der Waals surface area (Å²) in [6, 6.07) is 6.53. The van der Waals surface area contributed by atoms with Crippen LogP contribution in [-0.2, 0) is 0 Å². The predicted molar refractivity (Wildman–Crippen MR) is 64.1 cm³/mol. The lowest BCUT2D eigenvalue weighted by atomic mass is 10.1. The lowest BCUT2D eigenvalue weighted by Gasteiger charge is -2.04. The van der Waals surface area contributed by atoms with Crippen LogP contribution in [0.4, 0.5) is 10.1 Å². The van der Waals surface area contributed by atoms with E-state index in [0.29, 0.717) is 15.6 Å². The van der Waals surface area contributed by atoms with E-state index in [9.17, 15) is 4.39 Å². The van der Waals surface area contributed by atoms with Gasteiger partial charge in [-0.1, -0.05) is 23.2 Å². The number of hydrogen-bond acceptors (Lipinski definition) is 2. The third-order valence-corrected chi connectivity index (χ3v) is 2.50. The normalized spacial score (nSPS) is 10.4. The molecule has 82 valence electrons. The predicted octanol–water partition coefficient (Wildman–Crippen LogP) is 3.78. The molecule has 0 spiro atoms. The molecule has 0 aliphatic heterocycles. The van der Waals surface area contributed by atoms with E-state index in [2.05, 4.69) is 4.98 Å². The summed E-state index contributed by atoms with van der Waals surface area (Å²) in [5, 5.41) is 1.01. The van der Waals surface area contributed by atoms with Crippen LogP contribution in [-0.4, -0.2) is 4.98 Å². The maximum Gasteiger partial charge on any atom is 0.236 e. The summed E-state index contributed by atoms with van der Waals surface area (Å²) in [4.78, 5) is 3.54. The first-order chi connectivity index (χ1) is 7.56. The zero-order valence-electron chi connectivity index (χ0n) is 8.05. The minimum atomic E-state index is -0.683. The van der Waals surface area contributed by atoms with Crippen LogP contribution in [0.5, 0.6) is 0 Å². The monoisotopic (exact) mass is 256 g/mol. The quantitative estimate of drug-likeness (QED) is 0.789. The molecule has 0 saturated heterocycles. The molecule has 1 aromatic heterocycles. The summed E-state index contributed by atoms with van der Waals surface area (Å²) >= 11 is 11.7. The zero-order chi connectivity index (χ0) is 11.7. The Morgan fingerprint density at radius 2 is 1.62 bits per heavy atom. The Labute approximate surface area is 102 Å². The molecule has 2 rings (SSSR count). The van der Waals surface area contributed by atoms with Crippen molar-refractivity contribution in [1.29, 1.82) is 0 Å². The minimum absolute atomic E-state index is 0.00593. The highest BCUT2D eigenvalue weighted by atomic mass is 35.5. The number of nitrogen functional groups attached to an aromatic ring is 1. The lowest BCUT2D eigenvalue weighted by Crippen LogP contribution is -1.94. The molecule has 2 nitrogen and oxygen atoms in total. The molecule has 0 unspecified atom stereocenters. The van der Waals surface area contributed by atoms with Crippen molar-refractivity contribution in [2.75, 3.05) is 5.73 Å². The molecule has 1 aromatic carbocycles. The molecule has 5 heteroatoms. The molecule has 0 fully saturated rings. The van der Waals surface area contributed by atoms with Gasteiger partial charge >= 0.3 is 0 Å². The number of halogens is 3. The highest BCUT2D eigenvalue weighted by molar-refractivity contribution is 6.35. The Morgan fingerprint density at radius 1 is 1.00 bits per heavy atom. The van der Waals surface area contributed by atoms with Crippen molar-refractivity contribution in [3.05, 3.63) is 46.5 Å². The van der Waals surface area contributed by atoms with Gasteiger partial charge in [-0.25, -0.2) is 4.98 Å². The highest BCUT2D eigenvalue weighted by Gasteiger charge is 2.05. The van der Waals surface area contributed by atoms with E-state index < -0.39 is 5.95 Å². The Kier molecular flexibility index (Phi) is 2.99. The molecule has 16 heavy (non-hydrogen) atoms. The lowest BCUT2D eigenvalue weighted by molar-refractivity contribution is 0.589. The highest BCUT2D eigenvalue weighted by Crippen LogP contribution is 2.28. The molecule has 0 bridgehead atoms. The first-order valence-electron chi connectivity index (χ1n) is 4.44. The van der Waals surface area contributed by atoms with Crippen LogP contribution in [0.3, 0.4) is 0 Å². The van der Waals surface area contributed by atoms with Crippen LogP contribution in [0.15, 0.2) is 30.5 Å². The van der Waals surface area contributed by atoms with E-state index in [-0.39, 0.29) is 5.69 Å². The fourth-order valence-corrected chi connectivity index (χ4v) is 1.87. The van der Waals surface area contributed by atoms with E-state index >= 15 is 0 Å². The average molecular weight is 257 g/mol. The van der Waals surface area contributed by atoms with Gasteiger partial charge in [0, 0.05) is 21.8 Å².